The third-order valence-electron chi connectivity index (χ3n) is 4.20. The molecule has 0 N–H and O–H groups in total. The van der Waals surface area contributed by atoms with Gasteiger partial charge in [0.1, 0.15) is 12.1 Å². The molecule has 0 radical (unpaired) electrons. The van der Waals surface area contributed by atoms with Crippen LogP contribution in [-0.2, 0) is 11.2 Å². The Morgan fingerprint density at radius 2 is 2.24 bits per heavy atom. The summed E-state index contributed by atoms with van der Waals surface area (Å²) >= 11 is 0. The molecular weight excluding hydrogens is 266 g/mol. The van der Waals surface area contributed by atoms with E-state index in [2.05, 4.69) is 46.8 Å². The van der Waals surface area contributed by atoms with Crippen molar-refractivity contribution in [2.24, 2.45) is 0 Å². The molecule has 0 spiro atoms. The molecular formula is C15H23N5O. The van der Waals surface area contributed by atoms with E-state index in [0.29, 0.717) is 5.78 Å². The SMILES string of the molecule is CCCc1cc(N2CCOC(C)(CC)C2)n2ncnc2n1. The van der Waals surface area contributed by atoms with Crippen LogP contribution in [0.1, 0.15) is 39.3 Å². The molecule has 3 heterocycles. The summed E-state index contributed by atoms with van der Waals surface area (Å²) in [5, 5.41) is 4.33. The third kappa shape index (κ3) is 2.72. The molecule has 1 aliphatic rings. The molecule has 1 saturated heterocycles. The second-order valence-electron chi connectivity index (χ2n) is 5.90. The zero-order valence-corrected chi connectivity index (χ0v) is 13.0. The summed E-state index contributed by atoms with van der Waals surface area (Å²) in [6.45, 7) is 8.99. The van der Waals surface area contributed by atoms with Crippen LogP contribution in [0.2, 0.25) is 0 Å². The van der Waals surface area contributed by atoms with Crippen LogP contribution in [0.5, 0.6) is 0 Å². The smallest absolute Gasteiger partial charge is 0.254 e. The summed E-state index contributed by atoms with van der Waals surface area (Å²) in [6.07, 6.45) is 4.61. The molecule has 2 aromatic heterocycles. The van der Waals surface area contributed by atoms with Crippen LogP contribution < -0.4 is 4.90 Å². The van der Waals surface area contributed by atoms with Crippen molar-refractivity contribution >= 4 is 11.6 Å². The third-order valence-corrected chi connectivity index (χ3v) is 4.20. The summed E-state index contributed by atoms with van der Waals surface area (Å²) in [4.78, 5) is 11.2. The topological polar surface area (TPSA) is 55.6 Å². The maximum atomic E-state index is 5.94. The van der Waals surface area contributed by atoms with E-state index in [1.54, 1.807) is 6.33 Å². The average molecular weight is 289 g/mol. The summed E-state index contributed by atoms with van der Waals surface area (Å²) in [5.74, 6) is 1.75. The minimum Gasteiger partial charge on any atom is -0.372 e. The normalized spacial score (nSPS) is 22.9. The van der Waals surface area contributed by atoms with Crippen LogP contribution in [0.4, 0.5) is 5.82 Å². The largest absolute Gasteiger partial charge is 0.372 e. The van der Waals surface area contributed by atoms with Crippen LogP contribution in [0.25, 0.3) is 5.78 Å². The Balaban J connectivity index is 2.00. The standard InChI is InChI=1S/C15H23N5O/c1-4-6-12-9-13(20-14(18-12)16-11-17-20)19-7-8-21-15(3,5-2)10-19/h9,11H,4-8,10H2,1-3H3. The van der Waals surface area contributed by atoms with Gasteiger partial charge in [-0.25, -0.2) is 4.98 Å². The Labute approximate surface area is 125 Å². The van der Waals surface area contributed by atoms with Gasteiger partial charge < -0.3 is 9.64 Å². The molecule has 0 aliphatic carbocycles. The van der Waals surface area contributed by atoms with E-state index < -0.39 is 0 Å². The molecule has 2 aromatic rings. The van der Waals surface area contributed by atoms with E-state index in [1.807, 2.05) is 4.52 Å². The quantitative estimate of drug-likeness (QED) is 0.862. The molecule has 1 unspecified atom stereocenters. The molecule has 0 saturated carbocycles. The average Bonchev–Trinajstić information content (AvgIpc) is 2.95. The number of hydrogen-bond acceptors (Lipinski definition) is 5. The van der Waals surface area contributed by atoms with Crippen molar-refractivity contribution in [1.82, 2.24) is 19.6 Å². The highest BCUT2D eigenvalue weighted by atomic mass is 16.5. The molecule has 6 heteroatoms. The predicted octanol–water partition coefficient (Wildman–Crippen LogP) is 2.08. The van der Waals surface area contributed by atoms with E-state index in [1.165, 1.54) is 0 Å². The minimum atomic E-state index is -0.0979. The maximum absolute atomic E-state index is 5.94. The Morgan fingerprint density at radius 3 is 3.00 bits per heavy atom. The predicted molar refractivity (Wildman–Crippen MR) is 81.6 cm³/mol. The fourth-order valence-electron chi connectivity index (χ4n) is 2.79. The summed E-state index contributed by atoms with van der Waals surface area (Å²) in [6, 6.07) is 2.15. The van der Waals surface area contributed by atoms with Crippen LogP contribution in [0.15, 0.2) is 12.4 Å². The Bertz CT molecular complexity index is 626. The van der Waals surface area contributed by atoms with Crippen molar-refractivity contribution in [1.29, 1.82) is 0 Å². The van der Waals surface area contributed by atoms with Crippen LogP contribution in [-0.4, -0.2) is 44.9 Å². The summed E-state index contributed by atoms with van der Waals surface area (Å²) < 4.78 is 7.77. The molecule has 1 atom stereocenters. The Hall–Kier alpha value is -1.69. The molecule has 1 fully saturated rings. The van der Waals surface area contributed by atoms with E-state index >= 15 is 0 Å². The lowest BCUT2D eigenvalue weighted by Gasteiger charge is -2.41. The first-order chi connectivity index (χ1) is 10.1. The second-order valence-corrected chi connectivity index (χ2v) is 5.90. The van der Waals surface area contributed by atoms with Crippen LogP contribution in [0.3, 0.4) is 0 Å². The number of fused-ring (bicyclic) bond motifs is 1. The number of nitrogens with zero attached hydrogens (tertiary/aromatic N) is 5. The number of hydrogen-bond donors (Lipinski definition) is 0. The van der Waals surface area contributed by atoms with Gasteiger partial charge in [0.25, 0.3) is 5.78 Å². The lowest BCUT2D eigenvalue weighted by atomic mass is 10.0. The molecule has 0 aromatic carbocycles. The molecule has 0 amide bonds. The maximum Gasteiger partial charge on any atom is 0.254 e. The fraction of sp³-hybridized carbons (Fsp3) is 0.667. The lowest BCUT2D eigenvalue weighted by Crippen LogP contribution is -2.50. The highest BCUT2D eigenvalue weighted by Gasteiger charge is 2.31. The molecule has 1 aliphatic heterocycles. The van der Waals surface area contributed by atoms with Crippen molar-refractivity contribution in [3.05, 3.63) is 18.1 Å². The van der Waals surface area contributed by atoms with Gasteiger partial charge in [0.15, 0.2) is 0 Å². The number of rotatable bonds is 4. The highest BCUT2D eigenvalue weighted by molar-refractivity contribution is 5.48. The van der Waals surface area contributed by atoms with Crippen LogP contribution >= 0.6 is 0 Å². The first-order valence-corrected chi connectivity index (χ1v) is 7.74. The summed E-state index contributed by atoms with van der Waals surface area (Å²) in [7, 11) is 0. The zero-order chi connectivity index (χ0) is 14.9. The van der Waals surface area contributed by atoms with Crippen molar-refractivity contribution in [2.75, 3.05) is 24.6 Å². The first kappa shape index (κ1) is 14.3. The van der Waals surface area contributed by atoms with Gasteiger partial charge in [-0.05, 0) is 19.8 Å². The van der Waals surface area contributed by atoms with Crippen molar-refractivity contribution < 1.29 is 4.74 Å². The number of ether oxygens (including phenoxy) is 1. The van der Waals surface area contributed by atoms with E-state index in [-0.39, 0.29) is 5.60 Å². The van der Waals surface area contributed by atoms with E-state index in [9.17, 15) is 0 Å². The van der Waals surface area contributed by atoms with Gasteiger partial charge in [-0.2, -0.15) is 14.6 Å². The molecule has 3 rings (SSSR count). The number of anilines is 1. The number of morpholine rings is 1. The molecule has 114 valence electrons. The van der Waals surface area contributed by atoms with Gasteiger partial charge in [0.2, 0.25) is 0 Å². The Morgan fingerprint density at radius 1 is 1.38 bits per heavy atom. The minimum absolute atomic E-state index is 0.0979. The molecule has 6 nitrogen and oxygen atoms in total. The monoisotopic (exact) mass is 289 g/mol. The van der Waals surface area contributed by atoms with Crippen molar-refractivity contribution in [3.8, 4) is 0 Å². The van der Waals surface area contributed by atoms with Gasteiger partial charge in [-0.15, -0.1) is 0 Å². The summed E-state index contributed by atoms with van der Waals surface area (Å²) in [5.41, 5.74) is 0.983. The van der Waals surface area contributed by atoms with Gasteiger partial charge >= 0.3 is 0 Å². The second kappa shape index (κ2) is 5.60. The van der Waals surface area contributed by atoms with Crippen molar-refractivity contribution in [2.45, 2.75) is 45.6 Å². The molecule has 21 heavy (non-hydrogen) atoms. The van der Waals surface area contributed by atoms with Gasteiger partial charge in [-0.1, -0.05) is 20.3 Å². The van der Waals surface area contributed by atoms with E-state index in [4.69, 9.17) is 4.74 Å². The van der Waals surface area contributed by atoms with Crippen LogP contribution in [0, 0.1) is 0 Å². The first-order valence-electron chi connectivity index (χ1n) is 7.74. The molecule has 0 bridgehead atoms. The van der Waals surface area contributed by atoms with Gasteiger partial charge in [-0.3, -0.25) is 0 Å². The van der Waals surface area contributed by atoms with Crippen molar-refractivity contribution in [3.63, 3.8) is 0 Å². The number of aromatic nitrogens is 4. The zero-order valence-electron chi connectivity index (χ0n) is 13.0. The fourth-order valence-corrected chi connectivity index (χ4v) is 2.79. The van der Waals surface area contributed by atoms with Gasteiger partial charge in [0, 0.05) is 24.8 Å². The van der Waals surface area contributed by atoms with E-state index in [0.717, 1.165) is 50.5 Å². The lowest BCUT2D eigenvalue weighted by molar-refractivity contribution is -0.0444. The Kier molecular flexibility index (Phi) is 3.80. The highest BCUT2D eigenvalue weighted by Crippen LogP contribution is 2.26. The number of aryl methyl sites for hydroxylation is 1. The van der Waals surface area contributed by atoms with Gasteiger partial charge in [0.05, 0.1) is 12.2 Å².